The number of esters is 2. The summed E-state index contributed by atoms with van der Waals surface area (Å²) in [6.07, 6.45) is 11.0. The fourth-order valence-electron chi connectivity index (χ4n) is 5.86. The van der Waals surface area contributed by atoms with Crippen LogP contribution >= 0.6 is 0 Å². The lowest BCUT2D eigenvalue weighted by molar-refractivity contribution is -0.154. The summed E-state index contributed by atoms with van der Waals surface area (Å²) in [7, 11) is 0. The van der Waals surface area contributed by atoms with Crippen LogP contribution in [0, 0.1) is 13.8 Å². The maximum atomic E-state index is 12.4. The number of hydrogen-bond acceptors (Lipinski definition) is 8. The van der Waals surface area contributed by atoms with Crippen molar-refractivity contribution in [1.29, 1.82) is 0 Å². The Bertz CT molecular complexity index is 1340. The molecular formula is C42H62O8. The van der Waals surface area contributed by atoms with Gasteiger partial charge in [-0.25, -0.2) is 0 Å². The predicted molar refractivity (Wildman–Crippen MR) is 201 cm³/mol. The van der Waals surface area contributed by atoms with Gasteiger partial charge in [-0.05, 0) is 38.8 Å². The van der Waals surface area contributed by atoms with E-state index in [-0.39, 0.29) is 51.2 Å². The van der Waals surface area contributed by atoms with Crippen LogP contribution in [0.25, 0.3) is 21.5 Å². The van der Waals surface area contributed by atoms with Crippen LogP contribution in [0.1, 0.15) is 116 Å². The van der Waals surface area contributed by atoms with Crippen molar-refractivity contribution >= 4 is 33.5 Å². The van der Waals surface area contributed by atoms with E-state index in [4.69, 9.17) is 28.4 Å². The third kappa shape index (κ3) is 13.7. The minimum absolute atomic E-state index is 0.151. The van der Waals surface area contributed by atoms with Crippen LogP contribution < -0.4 is 9.47 Å². The van der Waals surface area contributed by atoms with Gasteiger partial charge in [0.05, 0.1) is 13.2 Å². The van der Waals surface area contributed by atoms with Crippen LogP contribution in [0.2, 0.25) is 0 Å². The van der Waals surface area contributed by atoms with E-state index in [0.29, 0.717) is 24.7 Å². The lowest BCUT2D eigenvalue weighted by Gasteiger charge is -2.23. The number of rotatable bonds is 26. The van der Waals surface area contributed by atoms with Gasteiger partial charge in [0, 0.05) is 47.6 Å². The number of carbonyl (C=O) groups excluding carboxylic acids is 2. The largest absolute Gasteiger partial charge is 0.488 e. The van der Waals surface area contributed by atoms with Gasteiger partial charge < -0.3 is 28.4 Å². The van der Waals surface area contributed by atoms with Gasteiger partial charge in [0.15, 0.2) is 12.2 Å². The molecule has 3 rings (SSSR count). The van der Waals surface area contributed by atoms with Crippen LogP contribution in [0.3, 0.4) is 0 Å². The van der Waals surface area contributed by atoms with Crippen LogP contribution in [0.4, 0.5) is 0 Å². The molecule has 0 fully saturated rings. The van der Waals surface area contributed by atoms with E-state index < -0.39 is 12.2 Å². The molecule has 2 unspecified atom stereocenters. The summed E-state index contributed by atoms with van der Waals surface area (Å²) in [6.45, 7) is 14.2. The number of benzene rings is 3. The molecule has 0 aliphatic rings. The minimum Gasteiger partial charge on any atom is -0.488 e. The molecule has 50 heavy (non-hydrogen) atoms. The Morgan fingerprint density at radius 1 is 0.520 bits per heavy atom. The lowest BCUT2D eigenvalue weighted by atomic mass is 9.97. The van der Waals surface area contributed by atoms with Crippen molar-refractivity contribution in [3.8, 4) is 11.5 Å². The maximum absolute atomic E-state index is 12.4. The molecule has 0 bridgehead atoms. The predicted octanol–water partition coefficient (Wildman–Crippen LogP) is 9.99. The summed E-state index contributed by atoms with van der Waals surface area (Å²) in [6, 6.07) is 12.4. The van der Waals surface area contributed by atoms with Crippen molar-refractivity contribution < 1.29 is 38.0 Å². The molecule has 278 valence electrons. The number of aryl methyl sites for hydroxylation is 2. The normalized spacial score (nSPS) is 12.6. The van der Waals surface area contributed by atoms with Crippen molar-refractivity contribution in [3.05, 3.63) is 47.5 Å². The molecule has 0 radical (unpaired) electrons. The molecule has 0 N–H and O–H groups in total. The van der Waals surface area contributed by atoms with E-state index in [2.05, 4.69) is 38.1 Å². The van der Waals surface area contributed by atoms with Gasteiger partial charge in [0.25, 0.3) is 0 Å². The van der Waals surface area contributed by atoms with E-state index in [1.165, 1.54) is 38.5 Å². The maximum Gasteiger partial charge on any atom is 0.305 e. The van der Waals surface area contributed by atoms with E-state index in [1.807, 2.05) is 26.0 Å². The second-order valence-corrected chi connectivity index (χ2v) is 13.3. The molecule has 8 heteroatoms. The number of ether oxygens (including phenoxy) is 6. The molecule has 0 heterocycles. The molecule has 0 amide bonds. The summed E-state index contributed by atoms with van der Waals surface area (Å²) in [5.74, 6) is 0.829. The number of fused-ring (bicyclic) bond motifs is 2. The van der Waals surface area contributed by atoms with Gasteiger partial charge in [0.1, 0.15) is 24.7 Å². The number of hydrogen-bond donors (Lipinski definition) is 0. The van der Waals surface area contributed by atoms with Gasteiger partial charge in [-0.3, -0.25) is 9.59 Å². The Morgan fingerprint density at radius 3 is 1.30 bits per heavy atom. The first-order valence-electron chi connectivity index (χ1n) is 19.1. The summed E-state index contributed by atoms with van der Waals surface area (Å²) >= 11 is 0. The fourth-order valence-corrected chi connectivity index (χ4v) is 5.86. The third-order valence-corrected chi connectivity index (χ3v) is 8.72. The van der Waals surface area contributed by atoms with Crippen molar-refractivity contribution in [2.45, 2.75) is 131 Å². The molecular weight excluding hydrogens is 632 g/mol. The molecule has 2 atom stereocenters. The summed E-state index contributed by atoms with van der Waals surface area (Å²) in [4.78, 5) is 24.7. The van der Waals surface area contributed by atoms with Crippen LogP contribution in [0.15, 0.2) is 36.4 Å². The molecule has 0 saturated heterocycles. The summed E-state index contributed by atoms with van der Waals surface area (Å²) in [5.41, 5.74) is 2.14. The fraction of sp³-hybridized carbons (Fsp3) is 0.619. The Kier molecular flexibility index (Phi) is 19.0. The van der Waals surface area contributed by atoms with Crippen LogP contribution in [-0.2, 0) is 28.5 Å². The van der Waals surface area contributed by atoms with Gasteiger partial charge in [0.2, 0.25) is 0 Å². The Labute approximate surface area is 300 Å². The average Bonchev–Trinajstić information content (AvgIpc) is 3.11. The van der Waals surface area contributed by atoms with Crippen molar-refractivity contribution in [2.75, 3.05) is 39.6 Å². The molecule has 0 aliphatic heterocycles. The number of carbonyl (C=O) groups is 2. The summed E-state index contributed by atoms with van der Waals surface area (Å²) in [5, 5.41) is 3.54. The van der Waals surface area contributed by atoms with Crippen molar-refractivity contribution in [1.82, 2.24) is 0 Å². The highest BCUT2D eigenvalue weighted by Gasteiger charge is 2.22. The molecule has 0 spiro atoms. The van der Waals surface area contributed by atoms with Crippen LogP contribution in [-0.4, -0.2) is 63.8 Å². The lowest BCUT2D eigenvalue weighted by Crippen LogP contribution is -2.30. The molecule has 3 aromatic carbocycles. The van der Waals surface area contributed by atoms with Crippen molar-refractivity contribution in [3.63, 3.8) is 0 Å². The smallest absolute Gasteiger partial charge is 0.305 e. The molecule has 0 saturated carbocycles. The first-order valence-corrected chi connectivity index (χ1v) is 19.1. The highest BCUT2D eigenvalue weighted by Crippen LogP contribution is 2.43. The van der Waals surface area contributed by atoms with E-state index in [0.717, 1.165) is 58.4 Å². The quantitative estimate of drug-likeness (QED) is 0.0466. The third-order valence-electron chi connectivity index (χ3n) is 8.72. The van der Waals surface area contributed by atoms with Gasteiger partial charge in [-0.2, -0.15) is 0 Å². The molecule has 0 aromatic heterocycles. The first kappa shape index (κ1) is 41.1. The topological polar surface area (TPSA) is 89.5 Å². The second kappa shape index (κ2) is 23.2. The Morgan fingerprint density at radius 2 is 0.920 bits per heavy atom. The molecule has 0 aliphatic carbocycles. The monoisotopic (exact) mass is 694 g/mol. The number of unbranched alkanes of at least 4 members (excludes halogenated alkanes) is 8. The average molecular weight is 695 g/mol. The zero-order chi connectivity index (χ0) is 36.1. The van der Waals surface area contributed by atoms with Gasteiger partial charge >= 0.3 is 11.9 Å². The Hall–Kier alpha value is -3.36. The highest BCUT2D eigenvalue weighted by molar-refractivity contribution is 6.11. The zero-order valence-corrected chi connectivity index (χ0v) is 31.6. The van der Waals surface area contributed by atoms with E-state index >= 15 is 0 Å². The van der Waals surface area contributed by atoms with Gasteiger partial charge in [-0.15, -0.1) is 0 Å². The van der Waals surface area contributed by atoms with Crippen LogP contribution in [0.5, 0.6) is 11.5 Å². The minimum atomic E-state index is -0.546. The molecule has 3 aromatic rings. The van der Waals surface area contributed by atoms with E-state index in [1.54, 1.807) is 13.8 Å². The Balaban J connectivity index is 1.86. The second-order valence-electron chi connectivity index (χ2n) is 13.3. The van der Waals surface area contributed by atoms with E-state index in [9.17, 15) is 9.59 Å². The highest BCUT2D eigenvalue weighted by atomic mass is 16.6. The first-order chi connectivity index (χ1) is 24.3. The van der Waals surface area contributed by atoms with Gasteiger partial charge in [-0.1, -0.05) is 114 Å². The van der Waals surface area contributed by atoms with Crippen molar-refractivity contribution in [2.24, 2.45) is 0 Å². The SMILES string of the molecule is CCCCCCCOCC(COc1c2ccc(C)cc2c(OCC(COCCCCCCC)OC(=O)CC)c2ccc(C)cc12)OC(=O)CC. The zero-order valence-electron chi connectivity index (χ0n) is 31.6. The summed E-state index contributed by atoms with van der Waals surface area (Å²) < 4.78 is 36.6. The molecule has 8 nitrogen and oxygen atoms in total. The standard InChI is InChI=1S/C42H62O8/c1-7-11-13-15-17-23-45-27-33(49-39(43)9-3)29-47-41-35-21-19-32(6)26-38(35)42(36-22-20-31(5)25-37(36)41)48-30-34(50-40(44)10-4)28-46-24-18-16-14-12-8-2/h19-22,25-26,33-34H,7-18,23-24,27-30H2,1-6H3.